The number of nitrogens with one attached hydrogen (secondary N) is 1. The number of benzene rings is 1. The fraction of sp³-hybridized carbons (Fsp3) is 0.375. The first-order chi connectivity index (χ1) is 10.1. The SMILES string of the molecule is Cc1cc(OC(C)C)nc(Nc2ccc(CCN)cc2)n1. The Morgan fingerprint density at radius 1 is 1.19 bits per heavy atom. The highest BCUT2D eigenvalue weighted by Crippen LogP contribution is 2.18. The molecule has 2 rings (SSSR count). The van der Waals surface area contributed by atoms with Crippen LogP contribution in [0.2, 0.25) is 0 Å². The van der Waals surface area contributed by atoms with Crippen molar-refractivity contribution in [3.8, 4) is 5.88 Å². The molecule has 3 N–H and O–H groups in total. The molecule has 0 spiro atoms. The second-order valence-corrected chi connectivity index (χ2v) is 5.20. The minimum absolute atomic E-state index is 0.0858. The van der Waals surface area contributed by atoms with Crippen LogP contribution < -0.4 is 15.8 Å². The van der Waals surface area contributed by atoms with E-state index in [1.165, 1.54) is 5.56 Å². The number of hydrogen-bond donors (Lipinski definition) is 2. The van der Waals surface area contributed by atoms with Crippen molar-refractivity contribution in [1.29, 1.82) is 0 Å². The number of rotatable bonds is 6. The Morgan fingerprint density at radius 3 is 2.52 bits per heavy atom. The van der Waals surface area contributed by atoms with Gasteiger partial charge in [0.05, 0.1) is 6.10 Å². The molecule has 5 nitrogen and oxygen atoms in total. The Hall–Kier alpha value is -2.14. The van der Waals surface area contributed by atoms with Crippen molar-refractivity contribution in [1.82, 2.24) is 9.97 Å². The standard InChI is InChI=1S/C16H22N4O/c1-11(2)21-15-10-12(3)18-16(20-15)19-14-6-4-13(5-7-14)8-9-17/h4-7,10-11H,8-9,17H2,1-3H3,(H,18,19,20). The largest absolute Gasteiger partial charge is 0.475 e. The van der Waals surface area contributed by atoms with Crippen molar-refractivity contribution >= 4 is 11.6 Å². The number of hydrogen-bond acceptors (Lipinski definition) is 5. The summed E-state index contributed by atoms with van der Waals surface area (Å²) in [5.74, 6) is 1.12. The van der Waals surface area contributed by atoms with E-state index in [1.807, 2.05) is 39.0 Å². The molecular weight excluding hydrogens is 264 g/mol. The molecule has 1 heterocycles. The number of anilines is 2. The maximum absolute atomic E-state index is 5.62. The minimum Gasteiger partial charge on any atom is -0.475 e. The Morgan fingerprint density at radius 2 is 1.90 bits per heavy atom. The molecule has 0 saturated heterocycles. The van der Waals surface area contributed by atoms with Crippen LogP contribution in [-0.4, -0.2) is 22.6 Å². The maximum atomic E-state index is 5.62. The summed E-state index contributed by atoms with van der Waals surface area (Å²) in [6, 6.07) is 9.93. The van der Waals surface area contributed by atoms with Crippen LogP contribution in [0.15, 0.2) is 30.3 Å². The predicted molar refractivity (Wildman–Crippen MR) is 85.0 cm³/mol. The van der Waals surface area contributed by atoms with Crippen LogP contribution in [0.1, 0.15) is 25.1 Å². The third-order valence-electron chi connectivity index (χ3n) is 2.83. The van der Waals surface area contributed by atoms with Crippen molar-refractivity contribution in [3.05, 3.63) is 41.6 Å². The van der Waals surface area contributed by atoms with Gasteiger partial charge in [-0.3, -0.25) is 0 Å². The van der Waals surface area contributed by atoms with Gasteiger partial charge in [-0.1, -0.05) is 12.1 Å². The maximum Gasteiger partial charge on any atom is 0.230 e. The average molecular weight is 286 g/mol. The van der Waals surface area contributed by atoms with E-state index in [-0.39, 0.29) is 6.10 Å². The summed E-state index contributed by atoms with van der Waals surface area (Å²) in [6.07, 6.45) is 0.968. The van der Waals surface area contributed by atoms with Crippen molar-refractivity contribution < 1.29 is 4.74 Å². The van der Waals surface area contributed by atoms with E-state index in [1.54, 1.807) is 0 Å². The fourth-order valence-corrected chi connectivity index (χ4v) is 1.95. The minimum atomic E-state index is 0.0858. The molecule has 1 aromatic carbocycles. The zero-order valence-corrected chi connectivity index (χ0v) is 12.8. The van der Waals surface area contributed by atoms with Crippen LogP contribution in [0.25, 0.3) is 0 Å². The highest BCUT2D eigenvalue weighted by Gasteiger charge is 2.05. The molecule has 0 bridgehead atoms. The molecule has 0 aliphatic carbocycles. The number of nitrogens with zero attached hydrogens (tertiary/aromatic N) is 2. The van der Waals surface area contributed by atoms with E-state index < -0.39 is 0 Å². The molecule has 112 valence electrons. The molecule has 0 fully saturated rings. The third kappa shape index (κ3) is 4.72. The highest BCUT2D eigenvalue weighted by molar-refractivity contribution is 5.54. The van der Waals surface area contributed by atoms with E-state index in [9.17, 15) is 0 Å². The number of nitrogens with two attached hydrogens (primary N) is 1. The van der Waals surface area contributed by atoms with Gasteiger partial charge in [0.1, 0.15) is 0 Å². The highest BCUT2D eigenvalue weighted by atomic mass is 16.5. The van der Waals surface area contributed by atoms with Crippen molar-refractivity contribution in [2.75, 3.05) is 11.9 Å². The predicted octanol–water partition coefficient (Wildman–Crippen LogP) is 2.82. The normalized spacial score (nSPS) is 10.7. The van der Waals surface area contributed by atoms with E-state index in [0.717, 1.165) is 17.8 Å². The van der Waals surface area contributed by atoms with Gasteiger partial charge in [-0.2, -0.15) is 4.98 Å². The molecule has 0 radical (unpaired) electrons. The molecule has 2 aromatic rings. The molecule has 0 aliphatic rings. The molecule has 0 saturated carbocycles. The number of ether oxygens (including phenoxy) is 1. The summed E-state index contributed by atoms with van der Waals surface area (Å²) in [6.45, 7) is 6.52. The molecule has 0 atom stereocenters. The topological polar surface area (TPSA) is 73.1 Å². The molecular formula is C16H22N4O. The number of aryl methyl sites for hydroxylation is 1. The van der Waals surface area contributed by atoms with E-state index in [0.29, 0.717) is 18.4 Å². The van der Waals surface area contributed by atoms with Crippen LogP contribution in [0.5, 0.6) is 5.88 Å². The zero-order valence-electron chi connectivity index (χ0n) is 12.8. The lowest BCUT2D eigenvalue weighted by Crippen LogP contribution is -2.09. The molecule has 0 unspecified atom stereocenters. The molecule has 0 amide bonds. The first kappa shape index (κ1) is 15.3. The van der Waals surface area contributed by atoms with Crippen molar-refractivity contribution in [2.24, 2.45) is 5.73 Å². The van der Waals surface area contributed by atoms with Crippen LogP contribution in [-0.2, 0) is 6.42 Å². The Kier molecular flexibility index (Phi) is 5.11. The first-order valence-corrected chi connectivity index (χ1v) is 7.15. The van der Waals surface area contributed by atoms with Gasteiger partial charge in [0.15, 0.2) is 0 Å². The zero-order chi connectivity index (χ0) is 15.2. The summed E-state index contributed by atoms with van der Waals surface area (Å²) in [7, 11) is 0. The van der Waals surface area contributed by atoms with Crippen LogP contribution >= 0.6 is 0 Å². The van der Waals surface area contributed by atoms with Gasteiger partial charge in [-0.05, 0) is 51.4 Å². The second-order valence-electron chi connectivity index (χ2n) is 5.20. The van der Waals surface area contributed by atoms with Gasteiger partial charge in [0.2, 0.25) is 11.8 Å². The first-order valence-electron chi connectivity index (χ1n) is 7.15. The summed E-state index contributed by atoms with van der Waals surface area (Å²) in [5.41, 5.74) is 8.57. The third-order valence-corrected chi connectivity index (χ3v) is 2.83. The van der Waals surface area contributed by atoms with E-state index >= 15 is 0 Å². The van der Waals surface area contributed by atoms with E-state index in [2.05, 4.69) is 27.4 Å². The van der Waals surface area contributed by atoms with Gasteiger partial charge in [0.25, 0.3) is 0 Å². The van der Waals surface area contributed by atoms with Crippen molar-refractivity contribution in [3.63, 3.8) is 0 Å². The Labute approximate surface area is 125 Å². The molecule has 5 heteroatoms. The van der Waals surface area contributed by atoms with Crippen LogP contribution in [0.3, 0.4) is 0 Å². The molecule has 0 aliphatic heterocycles. The van der Waals surface area contributed by atoms with Gasteiger partial charge < -0.3 is 15.8 Å². The summed E-state index contributed by atoms with van der Waals surface area (Å²) < 4.78 is 5.62. The van der Waals surface area contributed by atoms with Crippen molar-refractivity contribution in [2.45, 2.75) is 33.3 Å². The summed E-state index contributed by atoms with van der Waals surface area (Å²) >= 11 is 0. The molecule has 1 aromatic heterocycles. The smallest absolute Gasteiger partial charge is 0.230 e. The second kappa shape index (κ2) is 7.04. The molecule has 21 heavy (non-hydrogen) atoms. The summed E-state index contributed by atoms with van der Waals surface area (Å²) in [4.78, 5) is 8.74. The Bertz CT molecular complexity index is 581. The monoisotopic (exact) mass is 286 g/mol. The lowest BCUT2D eigenvalue weighted by molar-refractivity contribution is 0.232. The van der Waals surface area contributed by atoms with Gasteiger partial charge in [-0.25, -0.2) is 4.98 Å². The summed E-state index contributed by atoms with van der Waals surface area (Å²) in [5, 5.41) is 3.19. The van der Waals surface area contributed by atoms with Gasteiger partial charge in [0, 0.05) is 17.4 Å². The number of aromatic nitrogens is 2. The van der Waals surface area contributed by atoms with E-state index in [4.69, 9.17) is 10.5 Å². The lowest BCUT2D eigenvalue weighted by atomic mass is 10.1. The fourth-order valence-electron chi connectivity index (χ4n) is 1.95. The van der Waals surface area contributed by atoms with Gasteiger partial charge in [-0.15, -0.1) is 0 Å². The van der Waals surface area contributed by atoms with Crippen LogP contribution in [0, 0.1) is 6.92 Å². The average Bonchev–Trinajstić information content (AvgIpc) is 2.40. The Balaban J connectivity index is 2.12. The van der Waals surface area contributed by atoms with Gasteiger partial charge >= 0.3 is 0 Å². The lowest BCUT2D eigenvalue weighted by Gasteiger charge is -2.11. The van der Waals surface area contributed by atoms with Crippen LogP contribution in [0.4, 0.5) is 11.6 Å². The quantitative estimate of drug-likeness (QED) is 0.854.